The monoisotopic (exact) mass is 267 g/mol. The van der Waals surface area contributed by atoms with Crippen LogP contribution in [0, 0.1) is 11.3 Å². The highest BCUT2D eigenvalue weighted by Gasteiger charge is 2.15. The van der Waals surface area contributed by atoms with Crippen LogP contribution >= 0.6 is 11.6 Å². The van der Waals surface area contributed by atoms with E-state index in [4.69, 9.17) is 16.9 Å². The minimum Gasteiger partial charge on any atom is -0.369 e. The third-order valence-electron chi connectivity index (χ3n) is 2.55. The van der Waals surface area contributed by atoms with Gasteiger partial charge in [0.1, 0.15) is 11.6 Å². The zero-order chi connectivity index (χ0) is 13.5. The summed E-state index contributed by atoms with van der Waals surface area (Å²) in [5.41, 5.74) is 0.307. The maximum Gasteiger partial charge on any atom is 0.228 e. The molecule has 0 aliphatic rings. The van der Waals surface area contributed by atoms with Crippen molar-refractivity contribution in [2.75, 3.05) is 29.9 Å². The fourth-order valence-electron chi connectivity index (χ4n) is 1.54. The van der Waals surface area contributed by atoms with Crippen molar-refractivity contribution in [3.63, 3.8) is 0 Å². The number of aromatic nitrogens is 2. The van der Waals surface area contributed by atoms with Crippen molar-refractivity contribution in [3.05, 3.63) is 10.7 Å². The van der Waals surface area contributed by atoms with Gasteiger partial charge < -0.3 is 10.2 Å². The minimum atomic E-state index is 0.202. The van der Waals surface area contributed by atoms with Crippen LogP contribution in [-0.2, 0) is 0 Å². The van der Waals surface area contributed by atoms with Crippen molar-refractivity contribution in [1.29, 1.82) is 5.26 Å². The van der Waals surface area contributed by atoms with E-state index >= 15 is 0 Å². The van der Waals surface area contributed by atoms with E-state index in [0.29, 0.717) is 17.3 Å². The molecule has 1 aromatic rings. The average molecular weight is 268 g/mol. The Kier molecular flexibility index (Phi) is 5.66. The fraction of sp³-hybridized carbons (Fsp3) is 0.583. The second-order valence-electron chi connectivity index (χ2n) is 3.75. The zero-order valence-corrected chi connectivity index (χ0v) is 11.8. The average Bonchev–Trinajstić information content (AvgIpc) is 2.37. The highest BCUT2D eigenvalue weighted by atomic mass is 35.5. The SMILES string of the molecule is CCCNc1nc(N(CC)CC)nc(Cl)c1C#N. The van der Waals surface area contributed by atoms with Crippen molar-refractivity contribution in [1.82, 2.24) is 9.97 Å². The Hall–Kier alpha value is -1.54. The lowest BCUT2D eigenvalue weighted by Crippen LogP contribution is -2.25. The van der Waals surface area contributed by atoms with Gasteiger partial charge in [-0.25, -0.2) is 0 Å². The molecule has 0 fully saturated rings. The van der Waals surface area contributed by atoms with Gasteiger partial charge in [0, 0.05) is 19.6 Å². The summed E-state index contributed by atoms with van der Waals surface area (Å²) < 4.78 is 0. The van der Waals surface area contributed by atoms with Crippen LogP contribution in [-0.4, -0.2) is 29.6 Å². The number of anilines is 2. The Morgan fingerprint density at radius 1 is 1.28 bits per heavy atom. The first-order valence-corrected chi connectivity index (χ1v) is 6.52. The van der Waals surface area contributed by atoms with E-state index in [1.54, 1.807) is 0 Å². The molecule has 0 amide bonds. The number of nitrogens with one attached hydrogen (secondary N) is 1. The molecule has 98 valence electrons. The molecule has 0 aromatic carbocycles. The molecule has 0 unspecified atom stereocenters. The van der Waals surface area contributed by atoms with E-state index in [0.717, 1.165) is 26.1 Å². The van der Waals surface area contributed by atoms with Crippen molar-refractivity contribution >= 4 is 23.4 Å². The molecule has 0 radical (unpaired) electrons. The molecule has 1 heterocycles. The lowest BCUT2D eigenvalue weighted by Gasteiger charge is -2.20. The Morgan fingerprint density at radius 2 is 1.94 bits per heavy atom. The number of nitriles is 1. The summed E-state index contributed by atoms with van der Waals surface area (Å²) in [6.45, 7) is 8.45. The van der Waals surface area contributed by atoms with E-state index in [2.05, 4.69) is 15.3 Å². The molecule has 0 aliphatic carbocycles. The number of nitrogens with zero attached hydrogens (tertiary/aromatic N) is 4. The predicted molar refractivity (Wildman–Crippen MR) is 74.1 cm³/mol. The van der Waals surface area contributed by atoms with E-state index in [9.17, 15) is 0 Å². The topological polar surface area (TPSA) is 64.8 Å². The molecule has 0 saturated heterocycles. The zero-order valence-electron chi connectivity index (χ0n) is 11.0. The third-order valence-corrected chi connectivity index (χ3v) is 2.83. The summed E-state index contributed by atoms with van der Waals surface area (Å²) in [5.74, 6) is 1.07. The lowest BCUT2D eigenvalue weighted by molar-refractivity contribution is 0.819. The van der Waals surface area contributed by atoms with Crippen LogP contribution in [0.1, 0.15) is 32.8 Å². The Bertz CT molecular complexity index is 437. The number of hydrogen-bond acceptors (Lipinski definition) is 5. The van der Waals surface area contributed by atoms with Crippen LogP contribution < -0.4 is 10.2 Å². The van der Waals surface area contributed by atoms with Crippen LogP contribution in [0.5, 0.6) is 0 Å². The van der Waals surface area contributed by atoms with Crippen molar-refractivity contribution < 1.29 is 0 Å². The first-order valence-electron chi connectivity index (χ1n) is 6.14. The molecule has 5 nitrogen and oxygen atoms in total. The van der Waals surface area contributed by atoms with Gasteiger partial charge in [-0.2, -0.15) is 15.2 Å². The number of rotatable bonds is 6. The predicted octanol–water partition coefficient (Wildman–Crippen LogP) is 2.67. The van der Waals surface area contributed by atoms with Gasteiger partial charge in [-0.05, 0) is 20.3 Å². The summed E-state index contributed by atoms with van der Waals surface area (Å²) >= 11 is 6.03. The van der Waals surface area contributed by atoms with Gasteiger partial charge in [0.05, 0.1) is 0 Å². The Balaban J connectivity index is 3.17. The highest BCUT2D eigenvalue weighted by molar-refractivity contribution is 6.31. The van der Waals surface area contributed by atoms with E-state index in [-0.39, 0.29) is 5.15 Å². The molecular formula is C12H18ClN5. The normalized spacial score (nSPS) is 9.94. The van der Waals surface area contributed by atoms with Gasteiger partial charge in [-0.15, -0.1) is 0 Å². The van der Waals surface area contributed by atoms with Gasteiger partial charge in [-0.3, -0.25) is 0 Å². The molecule has 1 N–H and O–H groups in total. The van der Waals surface area contributed by atoms with Crippen LogP contribution in [0.3, 0.4) is 0 Å². The minimum absolute atomic E-state index is 0.202. The molecule has 0 atom stereocenters. The summed E-state index contributed by atoms with van der Waals surface area (Å²) in [4.78, 5) is 10.5. The largest absolute Gasteiger partial charge is 0.369 e. The van der Waals surface area contributed by atoms with Gasteiger partial charge in [0.2, 0.25) is 5.95 Å². The molecule has 1 aromatic heterocycles. The Morgan fingerprint density at radius 3 is 2.44 bits per heavy atom. The first-order chi connectivity index (χ1) is 8.67. The van der Waals surface area contributed by atoms with Gasteiger partial charge in [0.15, 0.2) is 11.0 Å². The molecule has 6 heteroatoms. The summed E-state index contributed by atoms with van der Waals surface area (Å²) in [6.07, 6.45) is 0.951. The summed E-state index contributed by atoms with van der Waals surface area (Å²) in [6, 6.07) is 2.04. The van der Waals surface area contributed by atoms with Crippen molar-refractivity contribution in [2.24, 2.45) is 0 Å². The molecule has 18 heavy (non-hydrogen) atoms. The molecule has 0 saturated carbocycles. The van der Waals surface area contributed by atoms with Crippen molar-refractivity contribution in [3.8, 4) is 6.07 Å². The van der Waals surface area contributed by atoms with E-state index < -0.39 is 0 Å². The molecule has 0 bridgehead atoms. The van der Waals surface area contributed by atoms with Crippen molar-refractivity contribution in [2.45, 2.75) is 27.2 Å². The van der Waals surface area contributed by atoms with Gasteiger partial charge in [-0.1, -0.05) is 18.5 Å². The fourth-order valence-corrected chi connectivity index (χ4v) is 1.75. The Labute approximate surface area is 113 Å². The standard InChI is InChI=1S/C12H18ClN5/c1-4-7-15-11-9(8-14)10(13)16-12(17-11)18(5-2)6-3/h4-7H2,1-3H3,(H,15,16,17). The quantitative estimate of drug-likeness (QED) is 0.803. The molecular weight excluding hydrogens is 250 g/mol. The maximum absolute atomic E-state index is 9.07. The second kappa shape index (κ2) is 7.02. The maximum atomic E-state index is 9.07. The second-order valence-corrected chi connectivity index (χ2v) is 4.11. The lowest BCUT2D eigenvalue weighted by atomic mass is 10.3. The summed E-state index contributed by atoms with van der Waals surface area (Å²) in [5, 5.41) is 12.4. The van der Waals surface area contributed by atoms with Crippen LogP contribution in [0.2, 0.25) is 5.15 Å². The molecule has 0 aliphatic heterocycles. The molecule has 1 rings (SSSR count). The van der Waals surface area contributed by atoms with E-state index in [1.807, 2.05) is 31.7 Å². The summed E-state index contributed by atoms with van der Waals surface area (Å²) in [7, 11) is 0. The number of hydrogen-bond donors (Lipinski definition) is 1. The third kappa shape index (κ3) is 3.23. The molecule has 0 spiro atoms. The smallest absolute Gasteiger partial charge is 0.228 e. The number of halogens is 1. The first kappa shape index (κ1) is 14.5. The highest BCUT2D eigenvalue weighted by Crippen LogP contribution is 2.23. The van der Waals surface area contributed by atoms with Crippen LogP contribution in [0.15, 0.2) is 0 Å². The van der Waals surface area contributed by atoms with Crippen LogP contribution in [0.25, 0.3) is 0 Å². The van der Waals surface area contributed by atoms with Gasteiger partial charge >= 0.3 is 0 Å². The van der Waals surface area contributed by atoms with E-state index in [1.165, 1.54) is 0 Å². The van der Waals surface area contributed by atoms with Crippen LogP contribution in [0.4, 0.5) is 11.8 Å². The van der Waals surface area contributed by atoms with Gasteiger partial charge in [0.25, 0.3) is 0 Å².